The lowest BCUT2D eigenvalue weighted by atomic mass is 10.0. The largest absolute Gasteiger partial charge is 0.386 e. The second kappa shape index (κ2) is 9.01. The maximum Gasteiger partial charge on any atom is 0.191 e. The van der Waals surface area contributed by atoms with Gasteiger partial charge in [-0.3, -0.25) is 9.89 Å². The van der Waals surface area contributed by atoms with Crippen molar-refractivity contribution in [1.29, 1.82) is 0 Å². The zero-order valence-corrected chi connectivity index (χ0v) is 17.2. The van der Waals surface area contributed by atoms with Crippen LogP contribution in [0.2, 0.25) is 0 Å². The molecule has 1 unspecified atom stereocenters. The van der Waals surface area contributed by atoms with Crippen LogP contribution < -0.4 is 10.6 Å². The smallest absolute Gasteiger partial charge is 0.191 e. The molecule has 0 spiro atoms. The normalized spacial score (nSPS) is 17.9. The number of aliphatic hydroxyl groups excluding tert-OH is 1. The van der Waals surface area contributed by atoms with Crippen molar-refractivity contribution in [2.75, 3.05) is 46.4 Å². The Kier molecular flexibility index (Phi) is 6.70. The first-order chi connectivity index (χ1) is 13.0. The monoisotopic (exact) mass is 390 g/mol. The van der Waals surface area contributed by atoms with Gasteiger partial charge >= 0.3 is 0 Å². The molecule has 0 aliphatic carbocycles. The van der Waals surface area contributed by atoms with Crippen molar-refractivity contribution in [3.05, 3.63) is 35.2 Å². The standard InChI is InChI=1S/C20H30N4O2S/c1-20(2,24-8-10-26-11-9-24)14-23-19(21-3)22-13-16(25)18-12-15-6-4-5-7-17(15)27-18/h4-7,12,16,25H,8-11,13-14H2,1-3H3,(H2,21,22,23). The molecule has 1 aliphatic heterocycles. The van der Waals surface area contributed by atoms with Crippen LogP contribution in [0.25, 0.3) is 10.1 Å². The van der Waals surface area contributed by atoms with Crippen LogP contribution in [0.15, 0.2) is 35.3 Å². The molecule has 3 N–H and O–H groups in total. The van der Waals surface area contributed by atoms with Gasteiger partial charge in [-0.2, -0.15) is 0 Å². The maximum absolute atomic E-state index is 10.5. The van der Waals surface area contributed by atoms with E-state index < -0.39 is 6.10 Å². The minimum Gasteiger partial charge on any atom is -0.386 e. The van der Waals surface area contributed by atoms with Crippen molar-refractivity contribution in [3.8, 4) is 0 Å². The average Bonchev–Trinajstić information content (AvgIpc) is 3.13. The summed E-state index contributed by atoms with van der Waals surface area (Å²) in [6.07, 6.45) is -0.562. The van der Waals surface area contributed by atoms with E-state index >= 15 is 0 Å². The van der Waals surface area contributed by atoms with Crippen molar-refractivity contribution in [2.24, 2.45) is 4.99 Å². The van der Waals surface area contributed by atoms with E-state index in [-0.39, 0.29) is 5.54 Å². The number of nitrogens with one attached hydrogen (secondary N) is 2. The number of ether oxygens (including phenoxy) is 1. The molecule has 6 nitrogen and oxygen atoms in total. The van der Waals surface area contributed by atoms with Gasteiger partial charge in [-0.1, -0.05) is 18.2 Å². The lowest BCUT2D eigenvalue weighted by Gasteiger charge is -2.41. The highest BCUT2D eigenvalue weighted by Gasteiger charge is 2.28. The van der Waals surface area contributed by atoms with E-state index in [1.54, 1.807) is 18.4 Å². The van der Waals surface area contributed by atoms with Crippen molar-refractivity contribution < 1.29 is 9.84 Å². The van der Waals surface area contributed by atoms with Gasteiger partial charge in [-0.05, 0) is 31.4 Å². The Bertz CT molecular complexity index is 735. The molecule has 1 fully saturated rings. The number of aliphatic imine (C=N–C) groups is 1. The molecular weight excluding hydrogens is 360 g/mol. The molecule has 1 aromatic carbocycles. The molecule has 148 valence electrons. The average molecular weight is 391 g/mol. The SMILES string of the molecule is CN=C(NCC(O)c1cc2ccccc2s1)NCC(C)(C)N1CCOCC1. The molecule has 2 aromatic rings. The van der Waals surface area contributed by atoms with E-state index in [1.807, 2.05) is 12.1 Å². The van der Waals surface area contributed by atoms with Crippen LogP contribution in [0.5, 0.6) is 0 Å². The molecule has 2 heterocycles. The molecule has 0 amide bonds. The number of nitrogens with zero attached hydrogens (tertiary/aromatic N) is 2. The van der Waals surface area contributed by atoms with Crippen molar-refractivity contribution in [3.63, 3.8) is 0 Å². The minimum absolute atomic E-state index is 0.00545. The summed E-state index contributed by atoms with van der Waals surface area (Å²) in [5.41, 5.74) is 0.00545. The summed E-state index contributed by atoms with van der Waals surface area (Å²) in [6.45, 7) is 9.12. The Morgan fingerprint density at radius 2 is 2.04 bits per heavy atom. The van der Waals surface area contributed by atoms with Gasteiger partial charge in [0, 0.05) is 48.3 Å². The Morgan fingerprint density at radius 3 is 2.74 bits per heavy atom. The van der Waals surface area contributed by atoms with E-state index in [9.17, 15) is 5.11 Å². The van der Waals surface area contributed by atoms with Crippen LogP contribution in [0.3, 0.4) is 0 Å². The fourth-order valence-electron chi connectivity index (χ4n) is 3.26. The number of thiophene rings is 1. The zero-order valence-electron chi connectivity index (χ0n) is 16.4. The number of guanidine groups is 1. The van der Waals surface area contributed by atoms with Crippen LogP contribution in [0, 0.1) is 0 Å². The van der Waals surface area contributed by atoms with Crippen LogP contribution in [0.1, 0.15) is 24.8 Å². The number of rotatable bonds is 6. The van der Waals surface area contributed by atoms with Gasteiger partial charge in [0.2, 0.25) is 0 Å². The minimum atomic E-state index is -0.562. The Morgan fingerprint density at radius 1 is 1.30 bits per heavy atom. The van der Waals surface area contributed by atoms with E-state index in [1.165, 1.54) is 10.1 Å². The highest BCUT2D eigenvalue weighted by molar-refractivity contribution is 7.19. The first kappa shape index (κ1) is 20.1. The van der Waals surface area contributed by atoms with Crippen molar-refractivity contribution >= 4 is 27.4 Å². The van der Waals surface area contributed by atoms with Crippen molar-refractivity contribution in [1.82, 2.24) is 15.5 Å². The van der Waals surface area contributed by atoms with Gasteiger partial charge in [0.1, 0.15) is 6.10 Å². The summed E-state index contributed by atoms with van der Waals surface area (Å²) >= 11 is 1.63. The molecule has 0 bridgehead atoms. The molecule has 0 saturated carbocycles. The molecule has 1 saturated heterocycles. The third kappa shape index (κ3) is 5.19. The number of hydrogen-bond donors (Lipinski definition) is 3. The molecular formula is C20H30N4O2S. The second-order valence-electron chi connectivity index (χ2n) is 7.42. The van der Waals surface area contributed by atoms with Gasteiger partial charge in [0.15, 0.2) is 5.96 Å². The summed E-state index contributed by atoms with van der Waals surface area (Å²) in [5.74, 6) is 0.705. The van der Waals surface area contributed by atoms with Gasteiger partial charge in [-0.15, -0.1) is 11.3 Å². The molecule has 7 heteroatoms. The predicted octanol–water partition coefficient (Wildman–Crippen LogP) is 2.21. The number of morpholine rings is 1. The Hall–Kier alpha value is -1.67. The third-order valence-electron chi connectivity index (χ3n) is 5.02. The number of benzene rings is 1. The summed E-state index contributed by atoms with van der Waals surface area (Å²) in [5, 5.41) is 18.3. The molecule has 1 atom stereocenters. The Balaban J connectivity index is 1.51. The Labute approximate surface area is 165 Å². The fraction of sp³-hybridized carbons (Fsp3) is 0.550. The van der Waals surface area contributed by atoms with Gasteiger partial charge in [0.25, 0.3) is 0 Å². The maximum atomic E-state index is 10.5. The zero-order chi connectivity index (χ0) is 19.3. The van der Waals surface area contributed by atoms with Gasteiger partial charge < -0.3 is 20.5 Å². The highest BCUT2D eigenvalue weighted by atomic mass is 32.1. The van der Waals surface area contributed by atoms with E-state index in [4.69, 9.17) is 4.74 Å². The summed E-state index contributed by atoms with van der Waals surface area (Å²) in [4.78, 5) is 7.69. The van der Waals surface area contributed by atoms with E-state index in [0.717, 1.165) is 37.7 Å². The molecule has 1 aliphatic rings. The van der Waals surface area contributed by atoms with Crippen LogP contribution in [0.4, 0.5) is 0 Å². The summed E-state index contributed by atoms with van der Waals surface area (Å²) in [7, 11) is 1.75. The highest BCUT2D eigenvalue weighted by Crippen LogP contribution is 2.29. The van der Waals surface area contributed by atoms with Crippen molar-refractivity contribution in [2.45, 2.75) is 25.5 Å². The van der Waals surface area contributed by atoms with E-state index in [2.05, 4.69) is 52.6 Å². The lowest BCUT2D eigenvalue weighted by Crippen LogP contribution is -2.56. The molecule has 3 rings (SSSR count). The lowest BCUT2D eigenvalue weighted by molar-refractivity contribution is -0.00835. The van der Waals surface area contributed by atoms with Gasteiger partial charge in [-0.25, -0.2) is 0 Å². The quantitative estimate of drug-likeness (QED) is 0.521. The first-order valence-electron chi connectivity index (χ1n) is 9.43. The first-order valence-corrected chi connectivity index (χ1v) is 10.2. The third-order valence-corrected chi connectivity index (χ3v) is 6.23. The number of aliphatic hydroxyl groups is 1. The molecule has 1 aromatic heterocycles. The molecule has 27 heavy (non-hydrogen) atoms. The fourth-order valence-corrected chi connectivity index (χ4v) is 4.31. The van der Waals surface area contributed by atoms with Gasteiger partial charge in [0.05, 0.1) is 13.2 Å². The number of hydrogen-bond acceptors (Lipinski definition) is 5. The molecule has 0 radical (unpaired) electrons. The number of fused-ring (bicyclic) bond motifs is 1. The van der Waals surface area contributed by atoms with Crippen LogP contribution in [-0.2, 0) is 4.74 Å². The summed E-state index contributed by atoms with van der Waals surface area (Å²) < 4.78 is 6.64. The van der Waals surface area contributed by atoms with Crippen LogP contribution >= 0.6 is 11.3 Å². The predicted molar refractivity (Wildman–Crippen MR) is 113 cm³/mol. The summed E-state index contributed by atoms with van der Waals surface area (Å²) in [6, 6.07) is 10.3. The van der Waals surface area contributed by atoms with E-state index in [0.29, 0.717) is 12.5 Å². The second-order valence-corrected chi connectivity index (χ2v) is 8.54. The topological polar surface area (TPSA) is 69.1 Å². The van der Waals surface area contributed by atoms with Crippen LogP contribution in [-0.4, -0.2) is 67.9 Å².